The minimum atomic E-state index is -4.44. The van der Waals surface area contributed by atoms with Crippen LogP contribution >= 0.6 is 0 Å². The van der Waals surface area contributed by atoms with Crippen LogP contribution in [0.4, 0.5) is 24.5 Å². The van der Waals surface area contributed by atoms with Crippen LogP contribution in [0.5, 0.6) is 0 Å². The normalized spacial score (nSPS) is 19.3. The van der Waals surface area contributed by atoms with Gasteiger partial charge < -0.3 is 15.7 Å². The molecule has 0 saturated carbocycles. The maximum Gasteiger partial charge on any atom is 0.416 e. The van der Waals surface area contributed by atoms with Gasteiger partial charge in [0.2, 0.25) is 5.91 Å². The predicted molar refractivity (Wildman–Crippen MR) is 54.6 cm³/mol. The van der Waals surface area contributed by atoms with E-state index in [4.69, 9.17) is 5.11 Å². The molecule has 2 rings (SSSR count). The molecule has 0 unspecified atom stereocenters. The molecule has 1 atom stereocenters. The van der Waals surface area contributed by atoms with E-state index < -0.39 is 30.3 Å². The number of alkyl halides is 3. The topological polar surface area (TPSA) is 61.4 Å². The SMILES string of the molecule is O=C1Nc2ccc(C(F)(F)F)cc2N[C@H]1CO. The van der Waals surface area contributed by atoms with E-state index in [2.05, 4.69) is 10.6 Å². The molecule has 17 heavy (non-hydrogen) atoms. The van der Waals surface area contributed by atoms with E-state index >= 15 is 0 Å². The molecule has 92 valence electrons. The van der Waals surface area contributed by atoms with Gasteiger partial charge in [-0.15, -0.1) is 0 Å². The summed E-state index contributed by atoms with van der Waals surface area (Å²) in [6.07, 6.45) is -4.44. The van der Waals surface area contributed by atoms with Crippen LogP contribution in [0.15, 0.2) is 18.2 Å². The van der Waals surface area contributed by atoms with Gasteiger partial charge in [0, 0.05) is 0 Å². The maximum absolute atomic E-state index is 12.4. The minimum Gasteiger partial charge on any atom is -0.394 e. The molecule has 1 amide bonds. The first-order chi connectivity index (χ1) is 7.91. The number of hydrogen-bond donors (Lipinski definition) is 3. The van der Waals surface area contributed by atoms with E-state index in [-0.39, 0.29) is 11.4 Å². The van der Waals surface area contributed by atoms with Crippen molar-refractivity contribution in [2.24, 2.45) is 0 Å². The lowest BCUT2D eigenvalue weighted by atomic mass is 10.1. The molecule has 1 aromatic carbocycles. The van der Waals surface area contributed by atoms with E-state index in [9.17, 15) is 18.0 Å². The van der Waals surface area contributed by atoms with Crippen LogP contribution in [0.25, 0.3) is 0 Å². The highest BCUT2D eigenvalue weighted by atomic mass is 19.4. The molecule has 3 N–H and O–H groups in total. The number of carbonyl (C=O) groups excluding carboxylic acids is 1. The number of nitrogens with one attached hydrogen (secondary N) is 2. The van der Waals surface area contributed by atoms with E-state index in [1.165, 1.54) is 6.07 Å². The molecule has 0 aliphatic carbocycles. The molecular weight excluding hydrogens is 237 g/mol. The minimum absolute atomic E-state index is 0.151. The molecule has 4 nitrogen and oxygen atoms in total. The van der Waals surface area contributed by atoms with Gasteiger partial charge in [-0.3, -0.25) is 4.79 Å². The van der Waals surface area contributed by atoms with Gasteiger partial charge in [0.1, 0.15) is 6.04 Å². The fraction of sp³-hybridized carbons (Fsp3) is 0.300. The summed E-state index contributed by atoms with van der Waals surface area (Å²) < 4.78 is 37.3. The number of aliphatic hydroxyl groups is 1. The zero-order valence-electron chi connectivity index (χ0n) is 8.51. The van der Waals surface area contributed by atoms with Gasteiger partial charge in [0.15, 0.2) is 0 Å². The second-order valence-electron chi connectivity index (χ2n) is 3.63. The lowest BCUT2D eigenvalue weighted by Gasteiger charge is -2.26. The number of anilines is 2. The van der Waals surface area contributed by atoms with Gasteiger partial charge >= 0.3 is 6.18 Å². The number of benzene rings is 1. The van der Waals surface area contributed by atoms with Crippen molar-refractivity contribution in [3.8, 4) is 0 Å². The molecule has 0 aromatic heterocycles. The molecule has 1 heterocycles. The van der Waals surface area contributed by atoms with Crippen LogP contribution in [0.1, 0.15) is 5.56 Å². The highest BCUT2D eigenvalue weighted by molar-refractivity contribution is 6.03. The molecule has 1 aliphatic heterocycles. The Bertz CT molecular complexity index is 459. The summed E-state index contributed by atoms with van der Waals surface area (Å²) in [4.78, 5) is 11.3. The Morgan fingerprint density at radius 2 is 2.00 bits per heavy atom. The average Bonchev–Trinajstić information content (AvgIpc) is 2.26. The Hall–Kier alpha value is -1.76. The molecule has 7 heteroatoms. The summed E-state index contributed by atoms with van der Waals surface area (Å²) in [6, 6.07) is 2.04. The van der Waals surface area contributed by atoms with Gasteiger partial charge in [-0.25, -0.2) is 0 Å². The summed E-state index contributed by atoms with van der Waals surface area (Å²) >= 11 is 0. The van der Waals surface area contributed by atoms with Crippen LogP contribution in [-0.2, 0) is 11.0 Å². The lowest BCUT2D eigenvalue weighted by Crippen LogP contribution is -2.41. The van der Waals surface area contributed by atoms with Crippen LogP contribution < -0.4 is 10.6 Å². The highest BCUT2D eigenvalue weighted by Gasteiger charge is 2.33. The number of rotatable bonds is 1. The molecule has 0 bridgehead atoms. The molecule has 1 aromatic rings. The van der Waals surface area contributed by atoms with Gasteiger partial charge in [0.05, 0.1) is 23.5 Å². The van der Waals surface area contributed by atoms with E-state index in [1.807, 2.05) is 0 Å². The molecule has 0 radical (unpaired) electrons. The fourth-order valence-corrected chi connectivity index (χ4v) is 1.55. The van der Waals surface area contributed by atoms with E-state index in [0.717, 1.165) is 12.1 Å². The maximum atomic E-state index is 12.4. The van der Waals surface area contributed by atoms with Crippen molar-refractivity contribution < 1.29 is 23.1 Å². The molecule has 0 saturated heterocycles. The summed E-state index contributed by atoms with van der Waals surface area (Å²) in [6.45, 7) is -0.485. The third-order valence-electron chi connectivity index (χ3n) is 2.43. The zero-order valence-corrected chi connectivity index (χ0v) is 8.51. The van der Waals surface area contributed by atoms with Crippen LogP contribution in [0, 0.1) is 0 Å². The summed E-state index contributed by atoms with van der Waals surface area (Å²) in [5.41, 5.74) is -0.386. The fourth-order valence-electron chi connectivity index (χ4n) is 1.55. The van der Waals surface area contributed by atoms with Crippen molar-refractivity contribution in [3.63, 3.8) is 0 Å². The first-order valence-electron chi connectivity index (χ1n) is 4.81. The van der Waals surface area contributed by atoms with Crippen molar-refractivity contribution in [2.75, 3.05) is 17.2 Å². The van der Waals surface area contributed by atoms with Gasteiger partial charge in [-0.1, -0.05) is 0 Å². The molecule has 1 aliphatic rings. The first kappa shape index (κ1) is 11.7. The largest absolute Gasteiger partial charge is 0.416 e. The number of amides is 1. The van der Waals surface area contributed by atoms with Crippen molar-refractivity contribution >= 4 is 17.3 Å². The van der Waals surface area contributed by atoms with E-state index in [1.54, 1.807) is 0 Å². The van der Waals surface area contributed by atoms with Crippen LogP contribution in [0.2, 0.25) is 0 Å². The van der Waals surface area contributed by atoms with Crippen molar-refractivity contribution in [3.05, 3.63) is 23.8 Å². The quantitative estimate of drug-likeness (QED) is 0.702. The Morgan fingerprint density at radius 3 is 2.59 bits per heavy atom. The average molecular weight is 246 g/mol. The number of aliphatic hydroxyl groups excluding tert-OH is 1. The molecule has 0 fully saturated rings. The van der Waals surface area contributed by atoms with Crippen LogP contribution in [-0.4, -0.2) is 23.7 Å². The van der Waals surface area contributed by atoms with Gasteiger partial charge in [-0.2, -0.15) is 13.2 Å². The van der Waals surface area contributed by atoms with Gasteiger partial charge in [0.25, 0.3) is 0 Å². The van der Waals surface area contributed by atoms with Gasteiger partial charge in [-0.05, 0) is 18.2 Å². The lowest BCUT2D eigenvalue weighted by molar-refractivity contribution is -0.137. The predicted octanol–water partition coefficient (Wildman–Crippen LogP) is 1.43. The summed E-state index contributed by atoms with van der Waals surface area (Å²) in [5.74, 6) is -0.472. The second kappa shape index (κ2) is 3.92. The van der Waals surface area contributed by atoms with Crippen LogP contribution in [0.3, 0.4) is 0 Å². The third-order valence-corrected chi connectivity index (χ3v) is 2.43. The number of halogens is 3. The Labute approximate surface area is 94.4 Å². The van der Waals surface area contributed by atoms with Crippen molar-refractivity contribution in [2.45, 2.75) is 12.2 Å². The third kappa shape index (κ3) is 2.19. The zero-order chi connectivity index (χ0) is 12.6. The number of fused-ring (bicyclic) bond motifs is 1. The second-order valence-corrected chi connectivity index (χ2v) is 3.63. The molecular formula is C10H9F3N2O2. The Balaban J connectivity index is 2.37. The highest BCUT2D eigenvalue weighted by Crippen LogP contribution is 2.35. The standard InChI is InChI=1S/C10H9F3N2O2/c11-10(12,13)5-1-2-6-7(3-5)14-8(4-16)9(17)15-6/h1-3,8,14,16H,4H2,(H,15,17)/t8-/m0/s1. The number of hydrogen-bond acceptors (Lipinski definition) is 3. The molecule has 0 spiro atoms. The van der Waals surface area contributed by atoms with E-state index in [0.29, 0.717) is 0 Å². The Kier molecular flexibility index (Phi) is 2.70. The van der Waals surface area contributed by atoms with Crippen molar-refractivity contribution in [1.82, 2.24) is 0 Å². The first-order valence-corrected chi connectivity index (χ1v) is 4.81. The Morgan fingerprint density at radius 1 is 1.29 bits per heavy atom. The summed E-state index contributed by atoms with van der Waals surface area (Å²) in [5, 5.41) is 13.8. The van der Waals surface area contributed by atoms with Crippen molar-refractivity contribution in [1.29, 1.82) is 0 Å². The monoisotopic (exact) mass is 246 g/mol. The smallest absolute Gasteiger partial charge is 0.394 e. The number of carbonyl (C=O) groups is 1. The summed E-state index contributed by atoms with van der Waals surface area (Å²) in [7, 11) is 0.